The predicted octanol–water partition coefficient (Wildman–Crippen LogP) is 1.89. The van der Waals surface area contributed by atoms with E-state index in [1.165, 1.54) is 32.1 Å². The Balaban J connectivity index is 1.19. The molecule has 2 fully saturated rings. The van der Waals surface area contributed by atoms with E-state index >= 15 is 0 Å². The normalized spacial score (nSPS) is 19.4. The number of carbonyl (C=O) groups excluding carboxylic acids is 2. The zero-order valence-electron chi connectivity index (χ0n) is 18.6. The third kappa shape index (κ3) is 6.05. The summed E-state index contributed by atoms with van der Waals surface area (Å²) in [6.45, 7) is 4.27. The van der Waals surface area contributed by atoms with Crippen LogP contribution in [0.25, 0.3) is 0 Å². The van der Waals surface area contributed by atoms with E-state index in [0.717, 1.165) is 25.4 Å². The number of rotatable bonds is 6. The van der Waals surface area contributed by atoms with E-state index in [1.807, 2.05) is 0 Å². The summed E-state index contributed by atoms with van der Waals surface area (Å²) >= 11 is 0. The van der Waals surface area contributed by atoms with Crippen LogP contribution >= 0.6 is 0 Å². The van der Waals surface area contributed by atoms with Crippen LogP contribution in [0.3, 0.4) is 0 Å². The van der Waals surface area contributed by atoms with Crippen molar-refractivity contribution in [2.24, 2.45) is 5.92 Å². The minimum atomic E-state index is -0.157. The molecule has 9 heteroatoms. The summed E-state index contributed by atoms with van der Waals surface area (Å²) in [5.74, 6) is 1.95. The Bertz CT molecular complexity index is 798. The molecule has 0 unspecified atom stereocenters. The van der Waals surface area contributed by atoms with E-state index in [1.54, 1.807) is 34.3 Å². The van der Waals surface area contributed by atoms with Crippen molar-refractivity contribution in [1.29, 1.82) is 0 Å². The van der Waals surface area contributed by atoms with Gasteiger partial charge in [0.05, 0.1) is 12.2 Å². The minimum Gasteiger partial charge on any atom is -0.478 e. The zero-order chi connectivity index (χ0) is 22.2. The van der Waals surface area contributed by atoms with Crippen molar-refractivity contribution in [3.63, 3.8) is 0 Å². The third-order valence-corrected chi connectivity index (χ3v) is 6.41. The Kier molecular flexibility index (Phi) is 7.68. The molecule has 0 spiro atoms. The molecule has 3 amide bonds. The monoisotopic (exact) mass is 442 g/mol. The molecule has 9 nitrogen and oxygen atoms in total. The Labute approximate surface area is 189 Å². The lowest BCUT2D eigenvalue weighted by atomic mass is 9.87. The molecular weight excluding hydrogens is 408 g/mol. The fourth-order valence-electron chi connectivity index (χ4n) is 4.46. The Morgan fingerprint density at radius 3 is 2.53 bits per heavy atom. The van der Waals surface area contributed by atoms with E-state index in [2.05, 4.69) is 20.9 Å². The first-order valence-corrected chi connectivity index (χ1v) is 11.8. The SMILES string of the molecule is O=C(NC1=CNCCN1)N1CCN(C(=O)c2ccc(OCCC3CCCCC3)nc2)CC1. The summed E-state index contributed by atoms with van der Waals surface area (Å²) in [5, 5.41) is 9.07. The molecule has 174 valence electrons. The number of aromatic nitrogens is 1. The molecule has 1 saturated carbocycles. The number of carbonyl (C=O) groups is 2. The highest BCUT2D eigenvalue weighted by atomic mass is 16.5. The highest BCUT2D eigenvalue weighted by Gasteiger charge is 2.25. The number of urea groups is 1. The van der Waals surface area contributed by atoms with Crippen LogP contribution in [0.2, 0.25) is 0 Å². The lowest BCUT2D eigenvalue weighted by Gasteiger charge is -2.35. The second kappa shape index (κ2) is 11.1. The quantitative estimate of drug-likeness (QED) is 0.622. The number of nitrogens with one attached hydrogen (secondary N) is 3. The van der Waals surface area contributed by atoms with Crippen LogP contribution in [0.15, 0.2) is 30.4 Å². The van der Waals surface area contributed by atoms with Crippen molar-refractivity contribution in [2.75, 3.05) is 45.9 Å². The first kappa shape index (κ1) is 22.2. The molecule has 0 atom stereocenters. The maximum Gasteiger partial charge on any atom is 0.323 e. The molecule has 1 aromatic rings. The van der Waals surface area contributed by atoms with Gasteiger partial charge in [0.25, 0.3) is 5.91 Å². The largest absolute Gasteiger partial charge is 0.478 e. The number of hydrogen-bond donors (Lipinski definition) is 3. The number of nitrogens with zero attached hydrogens (tertiary/aromatic N) is 3. The fraction of sp³-hybridized carbons (Fsp3) is 0.609. The van der Waals surface area contributed by atoms with Crippen LogP contribution in [-0.2, 0) is 0 Å². The van der Waals surface area contributed by atoms with E-state index in [4.69, 9.17) is 4.74 Å². The van der Waals surface area contributed by atoms with Gasteiger partial charge in [0.15, 0.2) is 0 Å². The molecule has 3 aliphatic rings. The molecule has 1 saturated heterocycles. The highest BCUT2D eigenvalue weighted by Crippen LogP contribution is 2.26. The van der Waals surface area contributed by atoms with Crippen molar-refractivity contribution >= 4 is 11.9 Å². The third-order valence-electron chi connectivity index (χ3n) is 6.41. The van der Waals surface area contributed by atoms with Gasteiger partial charge in [0.2, 0.25) is 5.88 Å². The van der Waals surface area contributed by atoms with Crippen molar-refractivity contribution in [3.05, 3.63) is 35.9 Å². The van der Waals surface area contributed by atoms with Gasteiger partial charge >= 0.3 is 6.03 Å². The average molecular weight is 443 g/mol. The summed E-state index contributed by atoms with van der Waals surface area (Å²) in [7, 11) is 0. The number of amides is 3. The van der Waals surface area contributed by atoms with Crippen LogP contribution in [0.4, 0.5) is 4.79 Å². The molecule has 3 N–H and O–H groups in total. The van der Waals surface area contributed by atoms with Gasteiger partial charge in [-0.2, -0.15) is 0 Å². The highest BCUT2D eigenvalue weighted by molar-refractivity contribution is 5.94. The molecule has 32 heavy (non-hydrogen) atoms. The number of pyridine rings is 1. The minimum absolute atomic E-state index is 0.0628. The van der Waals surface area contributed by atoms with Gasteiger partial charge in [-0.15, -0.1) is 0 Å². The molecule has 0 bridgehead atoms. The maximum absolute atomic E-state index is 12.8. The molecule has 0 radical (unpaired) electrons. The van der Waals surface area contributed by atoms with Crippen LogP contribution in [0.1, 0.15) is 48.9 Å². The molecule has 1 aliphatic carbocycles. The van der Waals surface area contributed by atoms with E-state index < -0.39 is 0 Å². The second-order valence-corrected chi connectivity index (χ2v) is 8.67. The van der Waals surface area contributed by atoms with Crippen molar-refractivity contribution in [3.8, 4) is 5.88 Å². The summed E-state index contributed by atoms with van der Waals surface area (Å²) in [5.41, 5.74) is 0.546. The van der Waals surface area contributed by atoms with Crippen LogP contribution in [-0.4, -0.2) is 72.6 Å². The van der Waals surface area contributed by atoms with Gasteiger partial charge in [-0.3, -0.25) is 10.1 Å². The summed E-state index contributed by atoms with van der Waals surface area (Å²) in [6, 6.07) is 3.39. The zero-order valence-corrected chi connectivity index (χ0v) is 18.6. The smallest absolute Gasteiger partial charge is 0.323 e. The van der Waals surface area contributed by atoms with Crippen molar-refractivity contribution in [2.45, 2.75) is 38.5 Å². The molecule has 2 aliphatic heterocycles. The van der Waals surface area contributed by atoms with Crippen molar-refractivity contribution in [1.82, 2.24) is 30.7 Å². The summed E-state index contributed by atoms with van der Waals surface area (Å²) < 4.78 is 5.79. The fourth-order valence-corrected chi connectivity index (χ4v) is 4.46. The van der Waals surface area contributed by atoms with Gasteiger partial charge < -0.3 is 25.2 Å². The first-order valence-electron chi connectivity index (χ1n) is 11.8. The second-order valence-electron chi connectivity index (χ2n) is 8.67. The number of hydrogen-bond acceptors (Lipinski definition) is 6. The lowest BCUT2D eigenvalue weighted by Crippen LogP contribution is -2.54. The van der Waals surface area contributed by atoms with Gasteiger partial charge in [-0.1, -0.05) is 32.1 Å². The summed E-state index contributed by atoms with van der Waals surface area (Å²) in [6.07, 6.45) is 11.1. The topological polar surface area (TPSA) is 98.8 Å². The van der Waals surface area contributed by atoms with E-state index in [-0.39, 0.29) is 11.9 Å². The Morgan fingerprint density at radius 2 is 1.84 bits per heavy atom. The van der Waals surface area contributed by atoms with E-state index in [0.29, 0.717) is 50.1 Å². The Morgan fingerprint density at radius 1 is 1.06 bits per heavy atom. The van der Waals surface area contributed by atoms with E-state index in [9.17, 15) is 9.59 Å². The molecule has 1 aromatic heterocycles. The van der Waals surface area contributed by atoms with Gasteiger partial charge in [-0.25, -0.2) is 9.78 Å². The van der Waals surface area contributed by atoms with Gasteiger partial charge in [-0.05, 0) is 18.4 Å². The molecule has 3 heterocycles. The van der Waals surface area contributed by atoms with Crippen LogP contribution in [0.5, 0.6) is 5.88 Å². The lowest BCUT2D eigenvalue weighted by molar-refractivity contribution is 0.0665. The molecule has 4 rings (SSSR count). The number of ether oxygens (including phenoxy) is 1. The molecular formula is C23H34N6O3. The number of piperazine rings is 1. The molecule has 0 aromatic carbocycles. The van der Waals surface area contributed by atoms with Crippen LogP contribution in [0, 0.1) is 5.92 Å². The van der Waals surface area contributed by atoms with Gasteiger partial charge in [0.1, 0.15) is 5.82 Å². The first-order chi connectivity index (χ1) is 15.7. The van der Waals surface area contributed by atoms with Gasteiger partial charge in [0, 0.05) is 57.7 Å². The standard InChI is InChI=1S/C23H34N6O3/c30-22(19-6-7-21(26-16-19)32-15-8-18-4-2-1-3-5-18)28-11-13-29(14-12-28)23(31)27-20-17-24-9-10-25-20/h6-7,16-18,24-25H,1-5,8-15H2,(H,27,31). The predicted molar refractivity (Wildman–Crippen MR) is 121 cm³/mol. The summed E-state index contributed by atoms with van der Waals surface area (Å²) in [4.78, 5) is 33.1. The van der Waals surface area contributed by atoms with Crippen molar-refractivity contribution < 1.29 is 14.3 Å². The maximum atomic E-state index is 12.8. The average Bonchev–Trinajstić information content (AvgIpc) is 2.85. The van der Waals surface area contributed by atoms with Crippen LogP contribution < -0.4 is 20.7 Å². The Hall–Kier alpha value is -2.97.